The Hall–Kier alpha value is -3.18. The van der Waals surface area contributed by atoms with Gasteiger partial charge in [-0.1, -0.05) is 6.07 Å². The van der Waals surface area contributed by atoms with Crippen LogP contribution in [-0.4, -0.2) is 65.6 Å². The van der Waals surface area contributed by atoms with Crippen molar-refractivity contribution in [2.45, 2.75) is 56.0 Å². The van der Waals surface area contributed by atoms with E-state index in [4.69, 9.17) is 4.74 Å². The van der Waals surface area contributed by atoms with E-state index in [9.17, 15) is 27.9 Å². The zero-order valence-corrected chi connectivity index (χ0v) is 20.6. The molecule has 1 aromatic carbocycles. The van der Waals surface area contributed by atoms with Gasteiger partial charge in [0.2, 0.25) is 11.8 Å². The van der Waals surface area contributed by atoms with Crippen molar-refractivity contribution < 1.29 is 32.6 Å². The lowest BCUT2D eigenvalue weighted by Gasteiger charge is -2.43. The molecule has 2 aromatic rings. The Balaban J connectivity index is 1.41. The van der Waals surface area contributed by atoms with Crippen LogP contribution in [0.1, 0.15) is 53.6 Å². The summed E-state index contributed by atoms with van der Waals surface area (Å²) < 4.78 is 44.1. The number of carbonyl (C=O) groups excluding carboxylic acids is 2. The SMILES string of the molecule is COc1ccc(C2(O)CCC(N(C(=O)CNC(=O)c3cccc(C(F)(F)F)c3)C3CCNC3)CC2)cn1. The van der Waals surface area contributed by atoms with Gasteiger partial charge in [0.1, 0.15) is 0 Å². The highest BCUT2D eigenvalue weighted by Gasteiger charge is 2.40. The van der Waals surface area contributed by atoms with Crippen molar-refractivity contribution in [3.05, 3.63) is 59.3 Å². The molecule has 2 fully saturated rings. The van der Waals surface area contributed by atoms with Crippen molar-refractivity contribution in [3.63, 3.8) is 0 Å². The number of aromatic nitrogens is 1. The number of hydrogen-bond donors (Lipinski definition) is 3. The molecule has 1 saturated carbocycles. The summed E-state index contributed by atoms with van der Waals surface area (Å²) in [4.78, 5) is 31.8. The van der Waals surface area contributed by atoms with Gasteiger partial charge in [0.15, 0.2) is 0 Å². The van der Waals surface area contributed by atoms with E-state index in [-0.39, 0.29) is 30.1 Å². The minimum absolute atomic E-state index is 0.0585. The Morgan fingerprint density at radius 3 is 2.54 bits per heavy atom. The van der Waals surface area contributed by atoms with Crippen LogP contribution in [0.15, 0.2) is 42.6 Å². The largest absolute Gasteiger partial charge is 0.481 e. The molecule has 4 rings (SSSR count). The molecule has 11 heteroatoms. The molecule has 3 N–H and O–H groups in total. The number of halogens is 3. The van der Waals surface area contributed by atoms with Crippen molar-refractivity contribution in [1.82, 2.24) is 20.5 Å². The maximum atomic E-state index is 13.3. The van der Waals surface area contributed by atoms with Crippen molar-refractivity contribution >= 4 is 11.8 Å². The van der Waals surface area contributed by atoms with Gasteiger partial charge in [0, 0.05) is 42.0 Å². The molecule has 200 valence electrons. The van der Waals surface area contributed by atoms with Crippen LogP contribution in [-0.2, 0) is 16.6 Å². The van der Waals surface area contributed by atoms with Crippen LogP contribution in [0.5, 0.6) is 5.88 Å². The van der Waals surface area contributed by atoms with E-state index in [1.54, 1.807) is 23.2 Å². The van der Waals surface area contributed by atoms with Gasteiger partial charge in [-0.15, -0.1) is 0 Å². The fourth-order valence-corrected chi connectivity index (χ4v) is 5.19. The molecule has 1 saturated heterocycles. The van der Waals surface area contributed by atoms with Crippen LogP contribution in [0.3, 0.4) is 0 Å². The number of benzene rings is 1. The second kappa shape index (κ2) is 11.1. The molecule has 0 bridgehead atoms. The lowest BCUT2D eigenvalue weighted by molar-refractivity contribution is -0.138. The molecule has 1 aromatic heterocycles. The molecule has 2 amide bonds. The Morgan fingerprint density at radius 2 is 1.95 bits per heavy atom. The number of aliphatic hydroxyl groups is 1. The topological polar surface area (TPSA) is 104 Å². The van der Waals surface area contributed by atoms with Crippen molar-refractivity contribution in [2.75, 3.05) is 26.7 Å². The van der Waals surface area contributed by atoms with Crippen molar-refractivity contribution in [3.8, 4) is 5.88 Å². The van der Waals surface area contributed by atoms with Gasteiger partial charge in [0.25, 0.3) is 5.91 Å². The molecule has 1 aliphatic heterocycles. The lowest BCUT2D eigenvalue weighted by Crippen LogP contribution is -2.53. The number of hydrogen-bond acceptors (Lipinski definition) is 6. The maximum Gasteiger partial charge on any atom is 0.416 e. The average molecular weight is 521 g/mol. The minimum atomic E-state index is -4.57. The van der Waals surface area contributed by atoms with Gasteiger partial charge in [-0.3, -0.25) is 9.59 Å². The molecule has 0 spiro atoms. The normalized spacial score (nSPS) is 23.9. The molecule has 2 heterocycles. The summed E-state index contributed by atoms with van der Waals surface area (Å²) in [5.41, 5.74) is -1.45. The summed E-state index contributed by atoms with van der Waals surface area (Å²) in [6, 6.07) is 7.41. The van der Waals surface area contributed by atoms with Crippen LogP contribution < -0.4 is 15.4 Å². The summed E-state index contributed by atoms with van der Waals surface area (Å²) in [6.07, 6.45) is -0.205. The second-order valence-corrected chi connectivity index (χ2v) is 9.56. The fourth-order valence-electron chi connectivity index (χ4n) is 5.19. The molecule has 1 atom stereocenters. The predicted molar refractivity (Wildman–Crippen MR) is 129 cm³/mol. The number of pyridine rings is 1. The second-order valence-electron chi connectivity index (χ2n) is 9.56. The fraction of sp³-hybridized carbons (Fsp3) is 0.500. The van der Waals surface area contributed by atoms with Crippen LogP contribution in [0.25, 0.3) is 0 Å². The summed E-state index contributed by atoms with van der Waals surface area (Å²) in [5.74, 6) is -0.580. The summed E-state index contributed by atoms with van der Waals surface area (Å²) in [5, 5.41) is 17.0. The highest BCUT2D eigenvalue weighted by atomic mass is 19.4. The van der Waals surface area contributed by atoms with E-state index in [0.717, 1.165) is 31.2 Å². The molecule has 0 radical (unpaired) electrons. The summed E-state index contributed by atoms with van der Waals surface area (Å²) in [6.45, 7) is 1.06. The van der Waals surface area contributed by atoms with Crippen LogP contribution >= 0.6 is 0 Å². The van der Waals surface area contributed by atoms with Gasteiger partial charge in [-0.05, 0) is 62.9 Å². The Bertz CT molecular complexity index is 1100. The van der Waals surface area contributed by atoms with Gasteiger partial charge in [-0.2, -0.15) is 13.2 Å². The minimum Gasteiger partial charge on any atom is -0.481 e. The van der Waals surface area contributed by atoms with Crippen molar-refractivity contribution in [2.24, 2.45) is 0 Å². The quantitative estimate of drug-likeness (QED) is 0.519. The van der Waals surface area contributed by atoms with E-state index < -0.39 is 23.2 Å². The number of carbonyl (C=O) groups is 2. The first-order chi connectivity index (χ1) is 17.6. The molecule has 1 aliphatic carbocycles. The Labute approximate surface area is 213 Å². The third-order valence-electron chi connectivity index (χ3n) is 7.23. The predicted octanol–water partition coefficient (Wildman–Crippen LogP) is 2.86. The lowest BCUT2D eigenvalue weighted by atomic mass is 9.77. The molecule has 8 nitrogen and oxygen atoms in total. The number of rotatable bonds is 7. The van der Waals surface area contributed by atoms with Crippen LogP contribution in [0.4, 0.5) is 13.2 Å². The number of ether oxygens (including phenoxy) is 1. The highest BCUT2D eigenvalue weighted by molar-refractivity contribution is 5.96. The Kier molecular flexibility index (Phi) is 8.03. The third kappa shape index (κ3) is 6.22. The number of methoxy groups -OCH3 is 1. The molecular weight excluding hydrogens is 489 g/mol. The average Bonchev–Trinajstić information content (AvgIpc) is 3.42. The number of alkyl halides is 3. The van der Waals surface area contributed by atoms with E-state index in [2.05, 4.69) is 15.6 Å². The molecule has 1 unspecified atom stereocenters. The smallest absolute Gasteiger partial charge is 0.416 e. The van der Waals surface area contributed by atoms with E-state index in [1.807, 2.05) is 0 Å². The highest BCUT2D eigenvalue weighted by Crippen LogP contribution is 2.39. The van der Waals surface area contributed by atoms with Gasteiger partial charge < -0.3 is 25.4 Å². The maximum absolute atomic E-state index is 13.3. The summed E-state index contributed by atoms with van der Waals surface area (Å²) >= 11 is 0. The standard InChI is InChI=1S/C26H31F3N4O4/c1-37-22-6-5-19(14-31-22)25(36)10-7-20(8-11-25)33(21-9-12-30-15-21)23(34)16-32-24(35)17-3-2-4-18(13-17)26(27,28)29/h2-6,13-14,20-21,30,36H,7-12,15-16H2,1H3,(H,32,35). The monoisotopic (exact) mass is 520 g/mol. The van der Waals surface area contributed by atoms with Gasteiger partial charge in [0.05, 0.1) is 24.8 Å². The van der Waals surface area contributed by atoms with Gasteiger partial charge in [-0.25, -0.2) is 4.98 Å². The van der Waals surface area contributed by atoms with Crippen molar-refractivity contribution in [1.29, 1.82) is 0 Å². The molecule has 2 aliphatic rings. The number of nitrogens with one attached hydrogen (secondary N) is 2. The van der Waals surface area contributed by atoms with E-state index >= 15 is 0 Å². The Morgan fingerprint density at radius 1 is 1.19 bits per heavy atom. The van der Waals surface area contributed by atoms with Crippen LogP contribution in [0, 0.1) is 0 Å². The zero-order valence-electron chi connectivity index (χ0n) is 20.6. The zero-order chi connectivity index (χ0) is 26.6. The van der Waals surface area contributed by atoms with E-state index in [1.165, 1.54) is 13.2 Å². The molecule has 37 heavy (non-hydrogen) atoms. The first-order valence-corrected chi connectivity index (χ1v) is 12.3. The first-order valence-electron chi connectivity index (χ1n) is 12.3. The summed E-state index contributed by atoms with van der Waals surface area (Å²) in [7, 11) is 1.52. The first kappa shape index (κ1) is 26.9. The third-order valence-corrected chi connectivity index (χ3v) is 7.23. The number of nitrogens with zero attached hydrogens (tertiary/aromatic N) is 2. The number of amides is 2. The van der Waals surface area contributed by atoms with E-state index in [0.29, 0.717) is 43.7 Å². The van der Waals surface area contributed by atoms with Gasteiger partial charge >= 0.3 is 6.18 Å². The van der Waals surface area contributed by atoms with Crippen LogP contribution in [0.2, 0.25) is 0 Å². The molecular formula is C26H31F3N4O4.